The van der Waals surface area contributed by atoms with Crippen LogP contribution in [-0.4, -0.2) is 28.6 Å². The van der Waals surface area contributed by atoms with E-state index in [4.69, 9.17) is 0 Å². The zero-order valence-electron chi connectivity index (χ0n) is 13.2. The smallest absolute Gasteiger partial charge is 0.244 e. The Morgan fingerprint density at radius 2 is 1.75 bits per heavy atom. The lowest BCUT2D eigenvalue weighted by Crippen LogP contribution is -2.45. The molecule has 3 fully saturated rings. The van der Waals surface area contributed by atoms with Crippen LogP contribution in [0.4, 0.5) is 0 Å². The Morgan fingerprint density at radius 1 is 1.15 bits per heavy atom. The third-order valence-electron chi connectivity index (χ3n) is 5.34. The monoisotopic (exact) mass is 278 g/mol. The topological polar surface area (TPSA) is 32.3 Å². The molecule has 3 aliphatic rings. The lowest BCUT2D eigenvalue weighted by atomic mass is 9.94. The summed E-state index contributed by atoms with van der Waals surface area (Å²) in [6, 6.07) is 0.499. The van der Waals surface area contributed by atoms with E-state index in [2.05, 4.69) is 24.1 Å². The summed E-state index contributed by atoms with van der Waals surface area (Å²) >= 11 is 0. The maximum Gasteiger partial charge on any atom is 0.244 e. The van der Waals surface area contributed by atoms with Crippen LogP contribution in [-0.2, 0) is 4.79 Å². The number of carbonyl (C=O) groups is 1. The molecule has 3 rings (SSSR count). The molecule has 0 aromatic carbocycles. The molecule has 1 heterocycles. The average Bonchev–Trinajstić information content (AvgIpc) is 3.06. The third-order valence-corrected chi connectivity index (χ3v) is 5.34. The molecule has 1 atom stereocenters. The predicted molar refractivity (Wildman–Crippen MR) is 81.3 cm³/mol. The number of nitrogens with one attached hydrogen (secondary N) is 1. The lowest BCUT2D eigenvalue weighted by molar-refractivity contribution is -0.133. The van der Waals surface area contributed by atoms with Gasteiger partial charge in [-0.3, -0.25) is 10.1 Å². The summed E-state index contributed by atoms with van der Waals surface area (Å²) in [4.78, 5) is 15.1. The van der Waals surface area contributed by atoms with E-state index in [9.17, 15) is 4.79 Å². The molecule has 0 aromatic heterocycles. The van der Waals surface area contributed by atoms with E-state index in [0.717, 1.165) is 19.3 Å². The molecule has 20 heavy (non-hydrogen) atoms. The molecule has 3 heteroatoms. The van der Waals surface area contributed by atoms with Crippen molar-refractivity contribution in [1.29, 1.82) is 0 Å². The third kappa shape index (κ3) is 2.74. The molecule has 1 spiro atoms. The highest BCUT2D eigenvalue weighted by molar-refractivity contribution is 5.92. The molecule has 3 nitrogen and oxygen atoms in total. The summed E-state index contributed by atoms with van der Waals surface area (Å²) in [5, 5.41) is 3.68. The van der Waals surface area contributed by atoms with Crippen LogP contribution in [0.25, 0.3) is 0 Å². The number of hydrogen-bond acceptors (Lipinski definition) is 2. The fraction of sp³-hybridized carbons (Fsp3) is 0.941. The normalized spacial score (nSPS) is 30.9. The fourth-order valence-electron chi connectivity index (χ4n) is 4.07. The van der Waals surface area contributed by atoms with Gasteiger partial charge in [0, 0.05) is 6.04 Å². The Hall–Kier alpha value is -0.570. The van der Waals surface area contributed by atoms with Crippen LogP contribution in [0.3, 0.4) is 0 Å². The van der Waals surface area contributed by atoms with E-state index in [1.54, 1.807) is 0 Å². The highest BCUT2D eigenvalue weighted by Crippen LogP contribution is 2.44. The number of amides is 1. The lowest BCUT2D eigenvalue weighted by Gasteiger charge is -2.34. The zero-order chi connectivity index (χ0) is 14.2. The second-order valence-corrected chi connectivity index (χ2v) is 7.58. The quantitative estimate of drug-likeness (QED) is 0.857. The molecular formula is C17H30N2O. The van der Waals surface area contributed by atoms with Gasteiger partial charge in [-0.15, -0.1) is 0 Å². The minimum absolute atomic E-state index is 0.137. The van der Waals surface area contributed by atoms with E-state index < -0.39 is 0 Å². The summed E-state index contributed by atoms with van der Waals surface area (Å²) in [6.45, 7) is 4.53. The van der Waals surface area contributed by atoms with Crippen molar-refractivity contribution in [3.63, 3.8) is 0 Å². The van der Waals surface area contributed by atoms with Crippen molar-refractivity contribution < 1.29 is 4.79 Å². The molecule has 2 saturated carbocycles. The first kappa shape index (κ1) is 14.4. The maximum atomic E-state index is 12.8. The molecular weight excluding hydrogens is 248 g/mol. The Morgan fingerprint density at radius 3 is 2.30 bits per heavy atom. The van der Waals surface area contributed by atoms with Gasteiger partial charge < -0.3 is 4.90 Å². The van der Waals surface area contributed by atoms with Gasteiger partial charge in [0.1, 0.15) is 0 Å². The summed E-state index contributed by atoms with van der Waals surface area (Å²) in [7, 11) is 0. The van der Waals surface area contributed by atoms with Gasteiger partial charge in [-0.25, -0.2) is 0 Å². The summed E-state index contributed by atoms with van der Waals surface area (Å²) < 4.78 is 0. The van der Waals surface area contributed by atoms with E-state index in [-0.39, 0.29) is 5.54 Å². The fourth-order valence-corrected chi connectivity index (χ4v) is 4.07. The van der Waals surface area contributed by atoms with Crippen molar-refractivity contribution in [2.24, 2.45) is 5.92 Å². The molecule has 1 amide bonds. The number of nitrogens with zero attached hydrogens (tertiary/aromatic N) is 1. The second-order valence-electron chi connectivity index (χ2n) is 7.58. The molecule has 1 saturated heterocycles. The zero-order valence-corrected chi connectivity index (χ0v) is 13.2. The molecule has 114 valence electrons. The van der Waals surface area contributed by atoms with Gasteiger partial charge in [-0.1, -0.05) is 46.0 Å². The molecule has 2 aliphatic carbocycles. The number of rotatable bonds is 3. The second kappa shape index (κ2) is 5.67. The Kier molecular flexibility index (Phi) is 4.07. The van der Waals surface area contributed by atoms with Crippen molar-refractivity contribution in [2.75, 3.05) is 0 Å². The Bertz CT molecular complexity index is 354. The van der Waals surface area contributed by atoms with Crippen molar-refractivity contribution >= 4 is 5.91 Å². The summed E-state index contributed by atoms with van der Waals surface area (Å²) in [5.41, 5.74) is -0.137. The minimum Gasteiger partial charge on any atom is -0.323 e. The van der Waals surface area contributed by atoms with Crippen LogP contribution in [0.2, 0.25) is 0 Å². The van der Waals surface area contributed by atoms with Crippen molar-refractivity contribution in [3.8, 4) is 0 Å². The van der Waals surface area contributed by atoms with Crippen molar-refractivity contribution in [2.45, 2.75) is 95.8 Å². The van der Waals surface area contributed by atoms with Gasteiger partial charge in [-0.2, -0.15) is 0 Å². The molecule has 0 bridgehead atoms. The van der Waals surface area contributed by atoms with Gasteiger partial charge in [-0.05, 0) is 38.0 Å². The SMILES string of the molecule is CC(C)CC1NC2(CC2)C(=O)N1C1CCCCCCC1. The standard InChI is InChI=1S/C17H30N2O/c1-13(2)12-15-18-17(10-11-17)16(20)19(15)14-8-6-4-3-5-7-9-14/h13-15,18H,3-12H2,1-2H3. The van der Waals surface area contributed by atoms with Crippen LogP contribution in [0.1, 0.15) is 78.1 Å². The van der Waals surface area contributed by atoms with Crippen LogP contribution < -0.4 is 5.32 Å². The number of hydrogen-bond donors (Lipinski definition) is 1. The minimum atomic E-state index is -0.137. The van der Waals surface area contributed by atoms with Gasteiger partial charge >= 0.3 is 0 Å². The van der Waals surface area contributed by atoms with Gasteiger partial charge in [0.2, 0.25) is 5.91 Å². The number of carbonyl (C=O) groups excluding carboxylic acids is 1. The molecule has 0 radical (unpaired) electrons. The largest absolute Gasteiger partial charge is 0.323 e. The van der Waals surface area contributed by atoms with Crippen LogP contribution in [0, 0.1) is 5.92 Å². The first-order valence-corrected chi connectivity index (χ1v) is 8.73. The van der Waals surface area contributed by atoms with Crippen molar-refractivity contribution in [3.05, 3.63) is 0 Å². The van der Waals surface area contributed by atoms with Crippen LogP contribution >= 0.6 is 0 Å². The summed E-state index contributed by atoms with van der Waals surface area (Å²) in [6.07, 6.45) is 12.7. The summed E-state index contributed by atoms with van der Waals surface area (Å²) in [5.74, 6) is 1.07. The molecule has 1 aliphatic heterocycles. The van der Waals surface area contributed by atoms with Gasteiger partial charge in [0.05, 0.1) is 11.7 Å². The predicted octanol–water partition coefficient (Wildman–Crippen LogP) is 3.44. The van der Waals surface area contributed by atoms with E-state index >= 15 is 0 Å². The van der Waals surface area contributed by atoms with E-state index in [0.29, 0.717) is 24.0 Å². The highest BCUT2D eigenvalue weighted by atomic mass is 16.2. The van der Waals surface area contributed by atoms with Crippen LogP contribution in [0.15, 0.2) is 0 Å². The Labute approximate surface area is 123 Å². The van der Waals surface area contributed by atoms with Gasteiger partial charge in [0.15, 0.2) is 0 Å². The Balaban J connectivity index is 1.74. The van der Waals surface area contributed by atoms with Gasteiger partial charge in [0.25, 0.3) is 0 Å². The van der Waals surface area contributed by atoms with Crippen molar-refractivity contribution in [1.82, 2.24) is 10.2 Å². The highest BCUT2D eigenvalue weighted by Gasteiger charge is 2.59. The van der Waals surface area contributed by atoms with Crippen LogP contribution in [0.5, 0.6) is 0 Å². The maximum absolute atomic E-state index is 12.8. The van der Waals surface area contributed by atoms with E-state index in [1.165, 1.54) is 44.9 Å². The van der Waals surface area contributed by atoms with E-state index in [1.807, 2.05) is 0 Å². The average molecular weight is 278 g/mol. The first-order chi connectivity index (χ1) is 9.62. The first-order valence-electron chi connectivity index (χ1n) is 8.73. The molecule has 1 N–H and O–H groups in total. The molecule has 1 unspecified atom stereocenters. The molecule has 0 aromatic rings.